The van der Waals surface area contributed by atoms with Gasteiger partial charge in [-0.25, -0.2) is 0 Å². The lowest BCUT2D eigenvalue weighted by Crippen LogP contribution is -2.29. The fourth-order valence-corrected chi connectivity index (χ4v) is 2.24. The molecule has 0 aliphatic heterocycles. The van der Waals surface area contributed by atoms with Gasteiger partial charge in [-0.1, -0.05) is 24.3 Å². The lowest BCUT2D eigenvalue weighted by Gasteiger charge is -2.08. The van der Waals surface area contributed by atoms with Crippen LogP contribution in [0.15, 0.2) is 41.2 Å². The van der Waals surface area contributed by atoms with Crippen LogP contribution in [0.2, 0.25) is 0 Å². The van der Waals surface area contributed by atoms with Crippen LogP contribution in [0.4, 0.5) is 0 Å². The highest BCUT2D eigenvalue weighted by Gasteiger charge is 2.07. The molecule has 0 saturated heterocycles. The molecule has 2 aromatic rings. The van der Waals surface area contributed by atoms with Gasteiger partial charge in [0.2, 0.25) is 5.91 Å². The number of hydrogen-bond acceptors (Lipinski definition) is 3. The van der Waals surface area contributed by atoms with Crippen LogP contribution in [-0.4, -0.2) is 22.0 Å². The Labute approximate surface area is 127 Å². The SMILES string of the molecule is C=C(C)CNC(=O)CCn1c(=S)[nH]c2ccccc2c1=O. The maximum absolute atomic E-state index is 12.4. The minimum absolute atomic E-state index is 0.132. The zero-order valence-electron chi connectivity index (χ0n) is 11.8. The number of fused-ring (bicyclic) bond motifs is 1. The van der Waals surface area contributed by atoms with E-state index in [1.165, 1.54) is 4.57 Å². The number of aromatic amines is 1. The summed E-state index contributed by atoms with van der Waals surface area (Å²) in [4.78, 5) is 27.1. The summed E-state index contributed by atoms with van der Waals surface area (Å²) < 4.78 is 1.74. The minimum atomic E-state index is -0.179. The number of H-pyrrole nitrogens is 1. The van der Waals surface area contributed by atoms with Crippen LogP contribution in [0, 0.1) is 4.77 Å². The Kier molecular flexibility index (Phi) is 4.70. The molecule has 0 fully saturated rings. The fourth-order valence-electron chi connectivity index (χ4n) is 1.95. The zero-order chi connectivity index (χ0) is 15.4. The van der Waals surface area contributed by atoms with Crippen molar-refractivity contribution in [2.24, 2.45) is 0 Å². The highest BCUT2D eigenvalue weighted by Crippen LogP contribution is 2.06. The maximum atomic E-state index is 12.4. The minimum Gasteiger partial charge on any atom is -0.352 e. The van der Waals surface area contributed by atoms with Crippen molar-refractivity contribution in [3.8, 4) is 0 Å². The van der Waals surface area contributed by atoms with Crippen LogP contribution in [0.5, 0.6) is 0 Å². The number of benzene rings is 1. The molecule has 0 saturated carbocycles. The zero-order valence-corrected chi connectivity index (χ0v) is 12.6. The second kappa shape index (κ2) is 6.49. The number of para-hydroxylation sites is 1. The van der Waals surface area contributed by atoms with Crippen molar-refractivity contribution in [1.82, 2.24) is 14.9 Å². The van der Waals surface area contributed by atoms with Gasteiger partial charge >= 0.3 is 0 Å². The molecule has 1 aromatic carbocycles. The van der Waals surface area contributed by atoms with E-state index in [1.807, 2.05) is 13.0 Å². The number of rotatable bonds is 5. The average molecular weight is 303 g/mol. The van der Waals surface area contributed by atoms with Gasteiger partial charge in [-0.05, 0) is 31.3 Å². The van der Waals surface area contributed by atoms with Crippen LogP contribution in [0.1, 0.15) is 13.3 Å². The first-order valence-electron chi connectivity index (χ1n) is 6.62. The molecule has 0 atom stereocenters. The van der Waals surface area contributed by atoms with Gasteiger partial charge in [0.15, 0.2) is 4.77 Å². The van der Waals surface area contributed by atoms with E-state index in [2.05, 4.69) is 16.9 Å². The fraction of sp³-hybridized carbons (Fsp3) is 0.267. The molecule has 0 aliphatic carbocycles. The van der Waals surface area contributed by atoms with Crippen LogP contribution in [0.3, 0.4) is 0 Å². The molecular weight excluding hydrogens is 286 g/mol. The third-order valence-electron chi connectivity index (χ3n) is 3.04. The van der Waals surface area contributed by atoms with Crippen LogP contribution in [-0.2, 0) is 11.3 Å². The average Bonchev–Trinajstić information content (AvgIpc) is 2.45. The maximum Gasteiger partial charge on any atom is 0.262 e. The van der Waals surface area contributed by atoms with E-state index in [-0.39, 0.29) is 24.4 Å². The van der Waals surface area contributed by atoms with Gasteiger partial charge in [-0.15, -0.1) is 0 Å². The van der Waals surface area contributed by atoms with Crippen molar-refractivity contribution in [1.29, 1.82) is 0 Å². The summed E-state index contributed by atoms with van der Waals surface area (Å²) in [5.41, 5.74) is 1.40. The summed E-state index contributed by atoms with van der Waals surface area (Å²) in [6.07, 6.45) is 0.197. The lowest BCUT2D eigenvalue weighted by molar-refractivity contribution is -0.121. The van der Waals surface area contributed by atoms with Gasteiger partial charge in [-0.3, -0.25) is 14.2 Å². The van der Waals surface area contributed by atoms with Gasteiger partial charge < -0.3 is 10.3 Å². The van der Waals surface area contributed by atoms with Gasteiger partial charge in [0.25, 0.3) is 5.56 Å². The molecule has 0 unspecified atom stereocenters. The number of carbonyl (C=O) groups excluding carboxylic acids is 1. The van der Waals surface area contributed by atoms with Crippen molar-refractivity contribution >= 4 is 29.0 Å². The Morgan fingerprint density at radius 3 is 2.86 bits per heavy atom. The van der Waals surface area contributed by atoms with E-state index >= 15 is 0 Å². The quantitative estimate of drug-likeness (QED) is 0.657. The molecule has 0 bridgehead atoms. The van der Waals surface area contributed by atoms with Crippen molar-refractivity contribution < 1.29 is 4.79 Å². The second-order valence-corrected chi connectivity index (χ2v) is 5.30. The molecular formula is C15H17N3O2S. The summed E-state index contributed by atoms with van der Waals surface area (Å²) in [5.74, 6) is -0.132. The standard InChI is InChI=1S/C15H17N3O2S/c1-10(2)9-16-13(19)7-8-18-14(20)11-5-3-4-6-12(11)17-15(18)21/h3-6H,1,7-9H2,2H3,(H,16,19)(H,17,21). The summed E-state index contributed by atoms with van der Waals surface area (Å²) in [6, 6.07) is 7.17. The number of nitrogens with one attached hydrogen (secondary N) is 2. The Balaban J connectivity index is 2.19. The van der Waals surface area contributed by atoms with Gasteiger partial charge in [0.1, 0.15) is 0 Å². The second-order valence-electron chi connectivity index (χ2n) is 4.92. The van der Waals surface area contributed by atoms with Crippen molar-refractivity contribution in [3.63, 3.8) is 0 Å². The predicted molar refractivity (Wildman–Crippen MR) is 85.8 cm³/mol. The molecule has 1 aromatic heterocycles. The Hall–Kier alpha value is -2.21. The first-order chi connectivity index (χ1) is 9.99. The molecule has 1 heterocycles. The third-order valence-corrected chi connectivity index (χ3v) is 3.36. The molecule has 21 heavy (non-hydrogen) atoms. The lowest BCUT2D eigenvalue weighted by atomic mass is 10.2. The Morgan fingerprint density at radius 2 is 2.14 bits per heavy atom. The third kappa shape index (κ3) is 3.66. The van der Waals surface area contributed by atoms with E-state index in [9.17, 15) is 9.59 Å². The smallest absolute Gasteiger partial charge is 0.262 e. The molecule has 6 heteroatoms. The molecule has 0 spiro atoms. The first-order valence-corrected chi connectivity index (χ1v) is 7.03. The van der Waals surface area contributed by atoms with E-state index in [1.54, 1.807) is 18.2 Å². The number of amides is 1. The van der Waals surface area contributed by atoms with E-state index in [0.29, 0.717) is 22.2 Å². The number of hydrogen-bond donors (Lipinski definition) is 2. The normalized spacial score (nSPS) is 10.5. The largest absolute Gasteiger partial charge is 0.352 e. The van der Waals surface area contributed by atoms with Gasteiger partial charge in [0.05, 0.1) is 10.9 Å². The molecule has 5 nitrogen and oxygen atoms in total. The number of carbonyl (C=O) groups is 1. The molecule has 0 radical (unpaired) electrons. The summed E-state index contributed by atoms with van der Waals surface area (Å²) >= 11 is 5.19. The Morgan fingerprint density at radius 1 is 1.43 bits per heavy atom. The van der Waals surface area contributed by atoms with Gasteiger partial charge in [0, 0.05) is 19.5 Å². The van der Waals surface area contributed by atoms with Gasteiger partial charge in [-0.2, -0.15) is 0 Å². The van der Waals surface area contributed by atoms with E-state index in [0.717, 1.165) is 5.57 Å². The van der Waals surface area contributed by atoms with Crippen molar-refractivity contribution in [3.05, 3.63) is 51.5 Å². The summed E-state index contributed by atoms with van der Waals surface area (Å²) in [7, 11) is 0. The van der Waals surface area contributed by atoms with E-state index in [4.69, 9.17) is 12.2 Å². The molecule has 1 amide bonds. The van der Waals surface area contributed by atoms with Crippen LogP contribution in [0.25, 0.3) is 10.9 Å². The molecule has 110 valence electrons. The molecule has 2 rings (SSSR count). The topological polar surface area (TPSA) is 66.9 Å². The monoisotopic (exact) mass is 303 g/mol. The van der Waals surface area contributed by atoms with Crippen molar-refractivity contribution in [2.45, 2.75) is 19.9 Å². The van der Waals surface area contributed by atoms with Crippen molar-refractivity contribution in [2.75, 3.05) is 6.54 Å². The highest BCUT2D eigenvalue weighted by molar-refractivity contribution is 7.71. The molecule has 2 N–H and O–H groups in total. The summed E-state index contributed by atoms with van der Waals surface area (Å²) in [5, 5.41) is 3.29. The van der Waals surface area contributed by atoms with Crippen LogP contribution < -0.4 is 10.9 Å². The number of nitrogens with zero attached hydrogens (tertiary/aromatic N) is 1. The highest BCUT2D eigenvalue weighted by atomic mass is 32.1. The Bertz CT molecular complexity index is 804. The van der Waals surface area contributed by atoms with E-state index < -0.39 is 0 Å². The van der Waals surface area contributed by atoms with Crippen LogP contribution >= 0.6 is 12.2 Å². The summed E-state index contributed by atoms with van der Waals surface area (Å²) in [6.45, 7) is 6.25. The molecule has 0 aliphatic rings. The first kappa shape index (κ1) is 15.2. The predicted octanol–water partition coefficient (Wildman–Crippen LogP) is 2.14. The number of aromatic nitrogens is 2.